The van der Waals surface area contributed by atoms with E-state index in [0.29, 0.717) is 17.8 Å². The molecule has 9 nitrogen and oxygen atoms in total. The van der Waals surface area contributed by atoms with Crippen molar-refractivity contribution in [2.75, 3.05) is 16.8 Å². The van der Waals surface area contributed by atoms with E-state index in [9.17, 15) is 19.7 Å². The number of nitro groups is 1. The van der Waals surface area contributed by atoms with Crippen molar-refractivity contribution in [2.24, 2.45) is 5.92 Å². The molecule has 204 valence electrons. The van der Waals surface area contributed by atoms with Gasteiger partial charge in [0.05, 0.1) is 29.0 Å². The number of para-hydroxylation sites is 1. The number of nitro benzene ring substituents is 1. The van der Waals surface area contributed by atoms with Crippen molar-refractivity contribution in [3.8, 4) is 11.8 Å². The Kier molecular flexibility index (Phi) is 7.74. The van der Waals surface area contributed by atoms with E-state index < -0.39 is 16.7 Å². The van der Waals surface area contributed by atoms with Crippen molar-refractivity contribution in [3.05, 3.63) is 129 Å². The van der Waals surface area contributed by atoms with Gasteiger partial charge in [-0.3, -0.25) is 19.7 Å². The Hall–Kier alpha value is -5.49. The molecule has 4 aromatic rings. The predicted octanol–water partition coefficient (Wildman–Crippen LogP) is 6.14. The molecule has 1 heterocycles. The summed E-state index contributed by atoms with van der Waals surface area (Å²) in [4.78, 5) is 39.3. The standard InChI is InChI=1S/C32H26N4O5/c1-21(18-33)20-41-30-15-14-27(36(39)40)17-28(30)31(37)34-26-12-10-22(11-13-26)32(38)35-19-25-8-3-2-6-23(25)16-24-7-4-5-9-29(24)35/h2-15,17,21H,16,19-20H2,1H3,(H,34,37). The van der Waals surface area contributed by atoms with Crippen LogP contribution in [0.4, 0.5) is 17.1 Å². The van der Waals surface area contributed by atoms with Crippen LogP contribution in [0.2, 0.25) is 0 Å². The fourth-order valence-corrected chi connectivity index (χ4v) is 4.69. The summed E-state index contributed by atoms with van der Waals surface area (Å²) in [5.74, 6) is -1.10. The normalized spacial score (nSPS) is 12.6. The number of rotatable bonds is 7. The van der Waals surface area contributed by atoms with E-state index in [1.54, 1.807) is 36.1 Å². The van der Waals surface area contributed by atoms with Gasteiger partial charge in [-0.15, -0.1) is 0 Å². The molecule has 0 spiro atoms. The van der Waals surface area contributed by atoms with E-state index in [-0.39, 0.29) is 29.5 Å². The molecule has 0 aliphatic carbocycles. The van der Waals surface area contributed by atoms with Crippen LogP contribution < -0.4 is 15.0 Å². The lowest BCUT2D eigenvalue weighted by Gasteiger charge is -2.23. The molecular weight excluding hydrogens is 520 g/mol. The summed E-state index contributed by atoms with van der Waals surface area (Å²) in [6.45, 7) is 2.12. The van der Waals surface area contributed by atoms with Gasteiger partial charge in [0.2, 0.25) is 0 Å². The van der Waals surface area contributed by atoms with Crippen molar-refractivity contribution < 1.29 is 19.2 Å². The third-order valence-electron chi connectivity index (χ3n) is 6.87. The lowest BCUT2D eigenvalue weighted by Crippen LogP contribution is -2.30. The zero-order chi connectivity index (χ0) is 28.9. The molecule has 1 N–H and O–H groups in total. The van der Waals surface area contributed by atoms with Crippen LogP contribution in [0.15, 0.2) is 91.0 Å². The van der Waals surface area contributed by atoms with Crippen molar-refractivity contribution in [3.63, 3.8) is 0 Å². The van der Waals surface area contributed by atoms with Gasteiger partial charge in [-0.25, -0.2) is 0 Å². The van der Waals surface area contributed by atoms with E-state index in [1.165, 1.54) is 17.7 Å². The number of nitrogens with one attached hydrogen (secondary N) is 1. The second-order valence-electron chi connectivity index (χ2n) is 9.78. The fraction of sp³-hybridized carbons (Fsp3) is 0.156. The van der Waals surface area contributed by atoms with Gasteiger partial charge in [0, 0.05) is 29.1 Å². The van der Waals surface area contributed by atoms with Crippen LogP contribution >= 0.6 is 0 Å². The van der Waals surface area contributed by atoms with E-state index in [2.05, 4.69) is 11.4 Å². The van der Waals surface area contributed by atoms with Crippen LogP contribution in [-0.2, 0) is 13.0 Å². The lowest BCUT2D eigenvalue weighted by molar-refractivity contribution is -0.384. The summed E-state index contributed by atoms with van der Waals surface area (Å²) in [6.07, 6.45) is 0.736. The minimum absolute atomic E-state index is 0.0233. The second-order valence-corrected chi connectivity index (χ2v) is 9.78. The van der Waals surface area contributed by atoms with Gasteiger partial charge in [0.25, 0.3) is 17.5 Å². The number of carbonyl (C=O) groups excluding carboxylic acids is 2. The van der Waals surface area contributed by atoms with Crippen molar-refractivity contribution >= 4 is 28.9 Å². The second kappa shape index (κ2) is 11.7. The molecule has 5 rings (SSSR count). The number of benzene rings is 4. The smallest absolute Gasteiger partial charge is 0.270 e. The van der Waals surface area contributed by atoms with Gasteiger partial charge in [-0.2, -0.15) is 5.26 Å². The number of nitriles is 1. The van der Waals surface area contributed by atoms with Crippen LogP contribution in [0, 0.1) is 27.4 Å². The summed E-state index contributed by atoms with van der Waals surface area (Å²) < 4.78 is 5.61. The molecular formula is C32H26N4O5. The van der Waals surface area contributed by atoms with Gasteiger partial charge in [0.15, 0.2) is 0 Å². The van der Waals surface area contributed by atoms with Gasteiger partial charge >= 0.3 is 0 Å². The lowest BCUT2D eigenvalue weighted by atomic mass is 10.0. The molecule has 1 unspecified atom stereocenters. The number of carbonyl (C=O) groups is 2. The van der Waals surface area contributed by atoms with Crippen LogP contribution in [0.3, 0.4) is 0 Å². The molecule has 0 bridgehead atoms. The van der Waals surface area contributed by atoms with Crippen LogP contribution in [0.25, 0.3) is 0 Å². The highest BCUT2D eigenvalue weighted by atomic mass is 16.6. The molecule has 2 amide bonds. The number of ether oxygens (including phenoxy) is 1. The van der Waals surface area contributed by atoms with Gasteiger partial charge < -0.3 is 15.0 Å². The molecule has 0 radical (unpaired) electrons. The van der Waals surface area contributed by atoms with Crippen molar-refractivity contribution in [2.45, 2.75) is 19.9 Å². The Morgan fingerprint density at radius 3 is 2.39 bits per heavy atom. The summed E-state index contributed by atoms with van der Waals surface area (Å²) in [7, 11) is 0. The van der Waals surface area contributed by atoms with Crippen molar-refractivity contribution in [1.82, 2.24) is 0 Å². The number of fused-ring (bicyclic) bond motifs is 2. The highest BCUT2D eigenvalue weighted by Gasteiger charge is 2.25. The quantitative estimate of drug-likeness (QED) is 0.219. The Morgan fingerprint density at radius 1 is 1.00 bits per heavy atom. The maximum atomic E-state index is 13.7. The summed E-state index contributed by atoms with van der Waals surface area (Å²) in [6, 6.07) is 28.2. The molecule has 41 heavy (non-hydrogen) atoms. The number of amides is 2. The van der Waals surface area contributed by atoms with E-state index in [0.717, 1.165) is 29.3 Å². The maximum absolute atomic E-state index is 13.7. The minimum atomic E-state index is -0.620. The highest BCUT2D eigenvalue weighted by Crippen LogP contribution is 2.32. The summed E-state index contributed by atoms with van der Waals surface area (Å²) >= 11 is 0. The largest absolute Gasteiger partial charge is 0.491 e. The van der Waals surface area contributed by atoms with Crippen molar-refractivity contribution in [1.29, 1.82) is 5.26 Å². The zero-order valence-electron chi connectivity index (χ0n) is 22.2. The molecule has 1 atom stereocenters. The zero-order valence-corrected chi connectivity index (χ0v) is 22.2. The molecule has 0 saturated carbocycles. The predicted molar refractivity (Wildman–Crippen MR) is 154 cm³/mol. The maximum Gasteiger partial charge on any atom is 0.270 e. The average molecular weight is 547 g/mol. The topological polar surface area (TPSA) is 126 Å². The number of hydrogen-bond acceptors (Lipinski definition) is 6. The first-order valence-corrected chi connectivity index (χ1v) is 13.0. The molecule has 0 fully saturated rings. The fourth-order valence-electron chi connectivity index (χ4n) is 4.69. The van der Waals surface area contributed by atoms with Gasteiger partial charge in [-0.1, -0.05) is 42.5 Å². The highest BCUT2D eigenvalue weighted by molar-refractivity contribution is 6.08. The Labute approximate surface area is 236 Å². The van der Waals surface area contributed by atoms with Gasteiger partial charge in [0.1, 0.15) is 12.4 Å². The third-order valence-corrected chi connectivity index (χ3v) is 6.87. The first kappa shape index (κ1) is 27.1. The third kappa shape index (κ3) is 5.92. The SMILES string of the molecule is CC(C#N)COc1ccc([N+](=O)[O-])cc1C(=O)Nc1ccc(C(=O)N2Cc3ccccc3Cc3ccccc32)cc1. The first-order valence-electron chi connectivity index (χ1n) is 13.0. The monoisotopic (exact) mass is 546 g/mol. The Balaban J connectivity index is 1.37. The number of non-ortho nitro benzene ring substituents is 1. The van der Waals surface area contributed by atoms with Gasteiger partial charge in [-0.05, 0) is 66.4 Å². The van der Waals surface area contributed by atoms with E-state index in [1.807, 2.05) is 48.5 Å². The summed E-state index contributed by atoms with van der Waals surface area (Å²) in [5, 5.41) is 23.1. The van der Waals surface area contributed by atoms with E-state index in [4.69, 9.17) is 10.00 Å². The average Bonchev–Trinajstić information content (AvgIpc) is 3.16. The number of nitrogens with zero attached hydrogens (tertiary/aromatic N) is 3. The number of hydrogen-bond donors (Lipinski definition) is 1. The molecule has 1 aliphatic heterocycles. The van der Waals surface area contributed by atoms with E-state index >= 15 is 0 Å². The summed E-state index contributed by atoms with van der Waals surface area (Å²) in [5.41, 5.74) is 4.72. The molecule has 0 saturated heterocycles. The molecule has 4 aromatic carbocycles. The van der Waals surface area contributed by atoms with Crippen LogP contribution in [0.5, 0.6) is 5.75 Å². The number of anilines is 2. The minimum Gasteiger partial charge on any atom is -0.491 e. The molecule has 1 aliphatic rings. The van der Waals surface area contributed by atoms with Crippen LogP contribution in [-0.4, -0.2) is 23.3 Å². The molecule has 9 heteroatoms. The molecule has 0 aromatic heterocycles. The Morgan fingerprint density at radius 2 is 1.68 bits per heavy atom. The Bertz CT molecular complexity index is 1680. The first-order chi connectivity index (χ1) is 19.8. The van der Waals surface area contributed by atoms with Crippen LogP contribution in [0.1, 0.15) is 44.3 Å².